The van der Waals surface area contributed by atoms with E-state index in [0.29, 0.717) is 0 Å². The highest BCUT2D eigenvalue weighted by Gasteiger charge is 1.88. The van der Waals surface area contributed by atoms with Crippen LogP contribution in [0.2, 0.25) is 0 Å². The Morgan fingerprint density at radius 1 is 1.78 bits per heavy atom. The summed E-state index contributed by atoms with van der Waals surface area (Å²) in [6, 6.07) is 1.98. The second kappa shape index (κ2) is 3.07. The molecule has 0 amide bonds. The number of allylic oxidation sites excluding steroid dienone is 1. The van der Waals surface area contributed by atoms with Gasteiger partial charge in [0.2, 0.25) is 0 Å². The third-order valence-corrected chi connectivity index (χ3v) is 1.18. The summed E-state index contributed by atoms with van der Waals surface area (Å²) in [5, 5.41) is 6.69. The molecule has 0 spiro atoms. The van der Waals surface area contributed by atoms with Crippen LogP contribution in [0.1, 0.15) is 12.1 Å². The van der Waals surface area contributed by atoms with Crippen LogP contribution in [-0.4, -0.2) is 10.2 Å². The van der Waals surface area contributed by atoms with Crippen molar-refractivity contribution < 1.29 is 0 Å². The molecule has 0 bridgehead atoms. The summed E-state index contributed by atoms with van der Waals surface area (Å²) < 4.78 is 0. The number of aromatic nitrogens is 2. The SMILES string of the molecule is C=CCCc1ccn[nH]1. The maximum Gasteiger partial charge on any atom is 0.0490 e. The highest BCUT2D eigenvalue weighted by molar-refractivity contribution is 4.98. The monoisotopic (exact) mass is 122 g/mol. The quantitative estimate of drug-likeness (QED) is 0.605. The fourth-order valence-electron chi connectivity index (χ4n) is 0.681. The lowest BCUT2D eigenvalue weighted by Crippen LogP contribution is -1.81. The van der Waals surface area contributed by atoms with Gasteiger partial charge in [-0.2, -0.15) is 5.10 Å². The average molecular weight is 122 g/mol. The Morgan fingerprint density at radius 2 is 2.67 bits per heavy atom. The molecule has 0 saturated carbocycles. The number of rotatable bonds is 3. The third kappa shape index (κ3) is 1.72. The molecule has 0 unspecified atom stereocenters. The Labute approximate surface area is 54.6 Å². The largest absolute Gasteiger partial charge is 0.283 e. The molecule has 0 saturated heterocycles. The number of nitrogens with zero attached hydrogens (tertiary/aromatic N) is 1. The molecule has 0 fully saturated rings. The molecule has 1 aromatic heterocycles. The van der Waals surface area contributed by atoms with Crippen molar-refractivity contribution in [2.45, 2.75) is 12.8 Å². The minimum absolute atomic E-state index is 1.02. The van der Waals surface area contributed by atoms with E-state index in [2.05, 4.69) is 16.8 Å². The summed E-state index contributed by atoms with van der Waals surface area (Å²) in [5.41, 5.74) is 1.18. The first-order chi connectivity index (χ1) is 4.43. The van der Waals surface area contributed by atoms with E-state index in [-0.39, 0.29) is 0 Å². The minimum atomic E-state index is 1.02. The molecule has 1 rings (SSSR count). The van der Waals surface area contributed by atoms with Gasteiger partial charge in [-0.05, 0) is 18.9 Å². The fraction of sp³-hybridized carbons (Fsp3) is 0.286. The summed E-state index contributed by atoms with van der Waals surface area (Å²) in [6.07, 6.45) is 5.70. The molecule has 0 radical (unpaired) electrons. The van der Waals surface area contributed by atoms with Gasteiger partial charge in [-0.25, -0.2) is 0 Å². The van der Waals surface area contributed by atoms with Crippen LogP contribution in [0.15, 0.2) is 24.9 Å². The fourth-order valence-corrected chi connectivity index (χ4v) is 0.681. The smallest absolute Gasteiger partial charge is 0.0490 e. The second-order valence-electron chi connectivity index (χ2n) is 1.91. The summed E-state index contributed by atoms with van der Waals surface area (Å²) >= 11 is 0. The van der Waals surface area contributed by atoms with Crippen LogP contribution in [0.4, 0.5) is 0 Å². The first kappa shape index (κ1) is 6.08. The van der Waals surface area contributed by atoms with Gasteiger partial charge in [0.1, 0.15) is 0 Å². The summed E-state index contributed by atoms with van der Waals surface area (Å²) in [4.78, 5) is 0. The van der Waals surface area contributed by atoms with Gasteiger partial charge in [-0.1, -0.05) is 6.08 Å². The lowest BCUT2D eigenvalue weighted by molar-refractivity contribution is 0.917. The molecular formula is C7H10N2. The average Bonchev–Trinajstić information content (AvgIpc) is 2.34. The molecule has 2 nitrogen and oxygen atoms in total. The molecule has 0 aliphatic heterocycles. The van der Waals surface area contributed by atoms with E-state index in [1.807, 2.05) is 12.1 Å². The zero-order chi connectivity index (χ0) is 6.53. The normalized spacial score (nSPS) is 9.33. The molecule has 0 aliphatic rings. The van der Waals surface area contributed by atoms with Gasteiger partial charge >= 0.3 is 0 Å². The summed E-state index contributed by atoms with van der Waals surface area (Å²) in [6.45, 7) is 3.63. The van der Waals surface area contributed by atoms with Crippen molar-refractivity contribution in [2.75, 3.05) is 0 Å². The lowest BCUT2D eigenvalue weighted by Gasteiger charge is -1.87. The number of H-pyrrole nitrogens is 1. The third-order valence-electron chi connectivity index (χ3n) is 1.18. The van der Waals surface area contributed by atoms with Crippen LogP contribution in [0.5, 0.6) is 0 Å². The molecule has 0 aromatic carbocycles. The molecule has 48 valence electrons. The number of aryl methyl sites for hydroxylation is 1. The van der Waals surface area contributed by atoms with Gasteiger partial charge in [0, 0.05) is 11.9 Å². The van der Waals surface area contributed by atoms with Gasteiger partial charge < -0.3 is 0 Å². The summed E-state index contributed by atoms with van der Waals surface area (Å²) in [5.74, 6) is 0. The van der Waals surface area contributed by atoms with Crippen LogP contribution in [0, 0.1) is 0 Å². The first-order valence-corrected chi connectivity index (χ1v) is 3.02. The van der Waals surface area contributed by atoms with Crippen molar-refractivity contribution in [1.82, 2.24) is 10.2 Å². The maximum absolute atomic E-state index is 3.82. The van der Waals surface area contributed by atoms with Crippen LogP contribution in [0.3, 0.4) is 0 Å². The van der Waals surface area contributed by atoms with Crippen LogP contribution in [0.25, 0.3) is 0 Å². The van der Waals surface area contributed by atoms with Crippen molar-refractivity contribution in [3.63, 3.8) is 0 Å². The van der Waals surface area contributed by atoms with Gasteiger partial charge in [0.25, 0.3) is 0 Å². The van der Waals surface area contributed by atoms with Gasteiger partial charge in [0.15, 0.2) is 0 Å². The van der Waals surface area contributed by atoms with E-state index in [0.717, 1.165) is 12.8 Å². The van der Waals surface area contributed by atoms with Crippen LogP contribution < -0.4 is 0 Å². The highest BCUT2D eigenvalue weighted by atomic mass is 15.1. The van der Waals surface area contributed by atoms with Crippen molar-refractivity contribution >= 4 is 0 Å². The minimum Gasteiger partial charge on any atom is -0.283 e. The Balaban J connectivity index is 2.38. The van der Waals surface area contributed by atoms with Crippen molar-refractivity contribution in [3.8, 4) is 0 Å². The molecule has 1 aromatic rings. The lowest BCUT2D eigenvalue weighted by atomic mass is 10.2. The molecule has 9 heavy (non-hydrogen) atoms. The van der Waals surface area contributed by atoms with E-state index in [9.17, 15) is 0 Å². The topological polar surface area (TPSA) is 28.7 Å². The van der Waals surface area contributed by atoms with Gasteiger partial charge in [0.05, 0.1) is 0 Å². The molecule has 1 N–H and O–H groups in total. The number of hydrogen-bond donors (Lipinski definition) is 1. The van der Waals surface area contributed by atoms with Gasteiger partial charge in [-0.15, -0.1) is 6.58 Å². The van der Waals surface area contributed by atoms with Crippen molar-refractivity contribution in [3.05, 3.63) is 30.6 Å². The molecule has 0 aliphatic carbocycles. The van der Waals surface area contributed by atoms with Crippen molar-refractivity contribution in [1.29, 1.82) is 0 Å². The van der Waals surface area contributed by atoms with Crippen LogP contribution in [-0.2, 0) is 6.42 Å². The molecular weight excluding hydrogens is 112 g/mol. The van der Waals surface area contributed by atoms with E-state index in [1.165, 1.54) is 5.69 Å². The summed E-state index contributed by atoms with van der Waals surface area (Å²) in [7, 11) is 0. The zero-order valence-electron chi connectivity index (χ0n) is 5.30. The van der Waals surface area contributed by atoms with Crippen molar-refractivity contribution in [2.24, 2.45) is 0 Å². The van der Waals surface area contributed by atoms with Gasteiger partial charge in [-0.3, -0.25) is 5.10 Å². The van der Waals surface area contributed by atoms with E-state index >= 15 is 0 Å². The second-order valence-corrected chi connectivity index (χ2v) is 1.91. The molecule has 1 heterocycles. The predicted molar refractivity (Wildman–Crippen MR) is 37.1 cm³/mol. The Morgan fingerprint density at radius 3 is 3.22 bits per heavy atom. The maximum atomic E-state index is 3.82. The Bertz CT molecular complexity index is 165. The number of hydrogen-bond acceptors (Lipinski definition) is 1. The predicted octanol–water partition coefficient (Wildman–Crippen LogP) is 1.53. The first-order valence-electron chi connectivity index (χ1n) is 3.02. The zero-order valence-corrected chi connectivity index (χ0v) is 5.30. The standard InChI is InChI=1S/C7H10N2/c1-2-3-4-7-5-6-8-9-7/h2,5-6H,1,3-4H2,(H,8,9). The molecule has 2 heteroatoms. The Hall–Kier alpha value is -1.05. The Kier molecular flexibility index (Phi) is 2.07. The van der Waals surface area contributed by atoms with E-state index < -0.39 is 0 Å². The van der Waals surface area contributed by atoms with E-state index in [4.69, 9.17) is 0 Å². The van der Waals surface area contributed by atoms with Crippen LogP contribution >= 0.6 is 0 Å². The van der Waals surface area contributed by atoms with E-state index in [1.54, 1.807) is 6.20 Å². The highest BCUT2D eigenvalue weighted by Crippen LogP contribution is 1.96. The number of nitrogens with one attached hydrogen (secondary N) is 1. The molecule has 0 atom stereocenters. The number of aromatic amines is 1.